The number of amides is 1. The maximum atomic E-state index is 11.6. The maximum Gasteiger partial charge on any atom is 0.271 e. The summed E-state index contributed by atoms with van der Waals surface area (Å²) < 4.78 is 1.57. The number of rotatable bonds is 4. The molecule has 1 aromatic rings. The van der Waals surface area contributed by atoms with Gasteiger partial charge < -0.3 is 10.4 Å². The van der Waals surface area contributed by atoms with Crippen LogP contribution in [0.2, 0.25) is 0 Å². The molecular weight excluding hydrogens is 218 g/mol. The zero-order valence-corrected chi connectivity index (χ0v) is 10.9. The summed E-state index contributed by atoms with van der Waals surface area (Å²) in [7, 11) is 1.76. The van der Waals surface area contributed by atoms with E-state index in [1.54, 1.807) is 24.0 Å². The molecule has 0 bridgehead atoms. The summed E-state index contributed by atoms with van der Waals surface area (Å²) in [5.41, 5.74) is 0.422. The second-order valence-electron chi connectivity index (χ2n) is 5.50. The number of hydrogen-bond acceptors (Lipinski definition) is 3. The Hall–Kier alpha value is -1.36. The Morgan fingerprint density at radius 2 is 2.24 bits per heavy atom. The number of hydrogen-bond donors (Lipinski definition) is 2. The molecule has 17 heavy (non-hydrogen) atoms. The highest BCUT2D eigenvalue weighted by molar-refractivity contribution is 5.92. The van der Waals surface area contributed by atoms with Gasteiger partial charge in [-0.15, -0.1) is 0 Å². The van der Waals surface area contributed by atoms with Crippen molar-refractivity contribution in [3.05, 3.63) is 18.0 Å². The molecule has 0 aliphatic rings. The highest BCUT2D eigenvalue weighted by Crippen LogP contribution is 2.20. The first-order valence-corrected chi connectivity index (χ1v) is 5.74. The fraction of sp³-hybridized carbons (Fsp3) is 0.667. The molecule has 1 rings (SSSR count). The number of nitrogens with zero attached hydrogens (tertiary/aromatic N) is 2. The Balaban J connectivity index is 2.38. The lowest BCUT2D eigenvalue weighted by Crippen LogP contribution is -2.34. The van der Waals surface area contributed by atoms with E-state index in [4.69, 9.17) is 0 Å². The summed E-state index contributed by atoms with van der Waals surface area (Å²) in [6, 6.07) is 1.64. The molecule has 1 unspecified atom stereocenters. The van der Waals surface area contributed by atoms with E-state index in [9.17, 15) is 9.90 Å². The van der Waals surface area contributed by atoms with Gasteiger partial charge >= 0.3 is 0 Å². The van der Waals surface area contributed by atoms with Crippen LogP contribution in [0.3, 0.4) is 0 Å². The molecule has 0 saturated heterocycles. The molecule has 0 spiro atoms. The minimum absolute atomic E-state index is 0.0507. The molecule has 5 heteroatoms. The van der Waals surface area contributed by atoms with Crippen LogP contribution in [0, 0.1) is 5.41 Å². The molecule has 1 amide bonds. The van der Waals surface area contributed by atoms with Crippen LogP contribution in [-0.4, -0.2) is 33.4 Å². The first-order chi connectivity index (χ1) is 7.78. The molecule has 0 aliphatic carbocycles. The largest absolute Gasteiger partial charge is 0.391 e. The van der Waals surface area contributed by atoms with Gasteiger partial charge in [0, 0.05) is 19.8 Å². The molecular formula is C12H21N3O2. The van der Waals surface area contributed by atoms with Crippen molar-refractivity contribution in [3.63, 3.8) is 0 Å². The summed E-state index contributed by atoms with van der Waals surface area (Å²) in [4.78, 5) is 11.6. The van der Waals surface area contributed by atoms with Gasteiger partial charge in [-0.05, 0) is 17.9 Å². The zero-order chi connectivity index (χ0) is 13.1. The molecule has 2 N–H and O–H groups in total. The summed E-state index contributed by atoms with van der Waals surface area (Å²) >= 11 is 0. The maximum absolute atomic E-state index is 11.6. The van der Waals surface area contributed by atoms with Crippen molar-refractivity contribution in [3.8, 4) is 0 Å². The smallest absolute Gasteiger partial charge is 0.271 e. The van der Waals surface area contributed by atoms with E-state index in [0.29, 0.717) is 12.1 Å². The molecule has 0 aliphatic heterocycles. The van der Waals surface area contributed by atoms with Crippen LogP contribution < -0.4 is 5.32 Å². The van der Waals surface area contributed by atoms with Gasteiger partial charge in [0.2, 0.25) is 0 Å². The highest BCUT2D eigenvalue weighted by Gasteiger charge is 2.17. The third-order valence-corrected chi connectivity index (χ3v) is 2.29. The molecule has 0 aromatic carbocycles. The normalized spacial score (nSPS) is 13.5. The quantitative estimate of drug-likeness (QED) is 0.822. The number of carbonyl (C=O) groups excluding carboxylic acids is 1. The second-order valence-corrected chi connectivity index (χ2v) is 5.50. The van der Waals surface area contributed by atoms with Gasteiger partial charge in [-0.25, -0.2) is 0 Å². The van der Waals surface area contributed by atoms with Crippen molar-refractivity contribution in [2.45, 2.75) is 33.3 Å². The standard InChI is InChI=1S/C12H21N3O2/c1-12(2,3)7-9(16)8-13-11(17)10-5-6-15(4)14-10/h5-6,9,16H,7-8H2,1-4H3,(H,13,17). The predicted octanol–water partition coefficient (Wildman–Crippen LogP) is 0.947. The van der Waals surface area contributed by atoms with Crippen molar-refractivity contribution >= 4 is 5.91 Å². The lowest BCUT2D eigenvalue weighted by molar-refractivity contribution is 0.0863. The third kappa shape index (κ3) is 4.99. The van der Waals surface area contributed by atoms with Crippen LogP contribution in [0.5, 0.6) is 0 Å². The van der Waals surface area contributed by atoms with Crippen molar-refractivity contribution in [2.75, 3.05) is 6.54 Å². The number of aryl methyl sites for hydroxylation is 1. The Morgan fingerprint density at radius 3 is 2.71 bits per heavy atom. The van der Waals surface area contributed by atoms with Crippen molar-refractivity contribution in [1.82, 2.24) is 15.1 Å². The topological polar surface area (TPSA) is 67.2 Å². The number of aliphatic hydroxyl groups is 1. The van der Waals surface area contributed by atoms with Crippen LogP contribution in [0.4, 0.5) is 0 Å². The van der Waals surface area contributed by atoms with E-state index in [1.165, 1.54) is 0 Å². The Kier molecular flexibility index (Phi) is 4.28. The van der Waals surface area contributed by atoms with Crippen LogP contribution in [0.1, 0.15) is 37.7 Å². The Labute approximate surface area is 102 Å². The van der Waals surface area contributed by atoms with Crippen LogP contribution >= 0.6 is 0 Å². The number of carbonyl (C=O) groups is 1. The molecule has 1 aromatic heterocycles. The lowest BCUT2D eigenvalue weighted by Gasteiger charge is -2.22. The Morgan fingerprint density at radius 1 is 1.59 bits per heavy atom. The molecule has 1 atom stereocenters. The molecule has 96 valence electrons. The minimum atomic E-state index is -0.525. The monoisotopic (exact) mass is 239 g/mol. The van der Waals surface area contributed by atoms with Crippen LogP contribution in [0.15, 0.2) is 12.3 Å². The first-order valence-electron chi connectivity index (χ1n) is 5.74. The SMILES string of the molecule is Cn1ccc(C(=O)NCC(O)CC(C)(C)C)n1. The summed E-state index contributed by atoms with van der Waals surface area (Å²) in [6.45, 7) is 6.41. The van der Waals surface area contributed by atoms with E-state index in [0.717, 1.165) is 0 Å². The summed E-state index contributed by atoms with van der Waals surface area (Å²) in [6.07, 6.45) is 1.83. The van der Waals surface area contributed by atoms with Gasteiger partial charge in [-0.2, -0.15) is 5.10 Å². The van der Waals surface area contributed by atoms with E-state index < -0.39 is 6.10 Å². The van der Waals surface area contributed by atoms with E-state index in [1.807, 2.05) is 0 Å². The zero-order valence-electron chi connectivity index (χ0n) is 10.9. The van der Waals surface area contributed by atoms with Gasteiger partial charge in [-0.1, -0.05) is 20.8 Å². The molecule has 0 radical (unpaired) electrons. The van der Waals surface area contributed by atoms with E-state index >= 15 is 0 Å². The van der Waals surface area contributed by atoms with Crippen LogP contribution in [-0.2, 0) is 7.05 Å². The number of aromatic nitrogens is 2. The van der Waals surface area contributed by atoms with Crippen molar-refractivity contribution in [2.24, 2.45) is 12.5 Å². The molecule has 0 saturated carbocycles. The highest BCUT2D eigenvalue weighted by atomic mass is 16.3. The molecule has 5 nitrogen and oxygen atoms in total. The number of nitrogens with one attached hydrogen (secondary N) is 1. The van der Waals surface area contributed by atoms with Gasteiger partial charge in [0.25, 0.3) is 5.91 Å². The molecule has 0 fully saturated rings. The van der Waals surface area contributed by atoms with Crippen LogP contribution in [0.25, 0.3) is 0 Å². The van der Waals surface area contributed by atoms with E-state index in [2.05, 4.69) is 31.2 Å². The van der Waals surface area contributed by atoms with Gasteiger partial charge in [0.1, 0.15) is 5.69 Å². The van der Waals surface area contributed by atoms with Crippen molar-refractivity contribution < 1.29 is 9.90 Å². The third-order valence-electron chi connectivity index (χ3n) is 2.29. The summed E-state index contributed by atoms with van der Waals surface area (Å²) in [5, 5.41) is 16.4. The van der Waals surface area contributed by atoms with E-state index in [-0.39, 0.29) is 17.9 Å². The average molecular weight is 239 g/mol. The van der Waals surface area contributed by atoms with Gasteiger partial charge in [0.05, 0.1) is 6.10 Å². The molecule has 1 heterocycles. The first kappa shape index (κ1) is 13.7. The average Bonchev–Trinajstić information content (AvgIpc) is 2.58. The van der Waals surface area contributed by atoms with Gasteiger partial charge in [-0.3, -0.25) is 9.48 Å². The summed E-state index contributed by atoms with van der Waals surface area (Å²) in [5.74, 6) is -0.251. The Bertz CT molecular complexity index is 379. The predicted molar refractivity (Wildman–Crippen MR) is 65.6 cm³/mol. The minimum Gasteiger partial charge on any atom is -0.391 e. The lowest BCUT2D eigenvalue weighted by atomic mass is 9.89. The second kappa shape index (κ2) is 5.31. The van der Waals surface area contributed by atoms with Crippen molar-refractivity contribution in [1.29, 1.82) is 0 Å². The fourth-order valence-electron chi connectivity index (χ4n) is 1.62. The van der Waals surface area contributed by atoms with Gasteiger partial charge in [0.15, 0.2) is 0 Å². The fourth-order valence-corrected chi connectivity index (χ4v) is 1.62. The number of aliphatic hydroxyl groups excluding tert-OH is 1.